The smallest absolute Gasteiger partial charge is 0.126 e. The van der Waals surface area contributed by atoms with Gasteiger partial charge < -0.3 is 15.4 Å². The Labute approximate surface area is 116 Å². The van der Waals surface area contributed by atoms with Gasteiger partial charge in [-0.1, -0.05) is 6.07 Å². The third-order valence-corrected chi connectivity index (χ3v) is 4.23. The summed E-state index contributed by atoms with van der Waals surface area (Å²) in [6, 6.07) is 2.89. The predicted molar refractivity (Wildman–Crippen MR) is 79.9 cm³/mol. The van der Waals surface area contributed by atoms with Crippen LogP contribution in [0.4, 0.5) is 0 Å². The van der Waals surface area contributed by atoms with Gasteiger partial charge in [-0.25, -0.2) is 0 Å². The molecule has 0 unspecified atom stereocenters. The summed E-state index contributed by atoms with van der Waals surface area (Å²) in [6.45, 7) is 9.62. The van der Waals surface area contributed by atoms with Crippen LogP contribution in [0.2, 0.25) is 0 Å². The number of benzene rings is 1. The molecule has 1 fully saturated rings. The van der Waals surface area contributed by atoms with Crippen molar-refractivity contribution in [3.8, 4) is 5.75 Å². The van der Waals surface area contributed by atoms with E-state index in [0.717, 1.165) is 25.4 Å². The Hall–Kier alpha value is -1.06. The zero-order chi connectivity index (χ0) is 13.8. The highest BCUT2D eigenvalue weighted by atomic mass is 16.5. The molecule has 0 bridgehead atoms. The van der Waals surface area contributed by atoms with E-state index in [1.807, 2.05) is 0 Å². The monoisotopic (exact) mass is 262 g/mol. The Kier molecular flexibility index (Phi) is 4.83. The van der Waals surface area contributed by atoms with E-state index in [9.17, 15) is 0 Å². The third kappa shape index (κ3) is 3.28. The van der Waals surface area contributed by atoms with Crippen LogP contribution in [0, 0.1) is 20.8 Å². The van der Waals surface area contributed by atoms with Crippen molar-refractivity contribution in [2.75, 3.05) is 20.2 Å². The fraction of sp³-hybridized carbons (Fsp3) is 0.625. The van der Waals surface area contributed by atoms with Crippen LogP contribution in [0.5, 0.6) is 5.75 Å². The van der Waals surface area contributed by atoms with E-state index in [-0.39, 0.29) is 0 Å². The second-order valence-electron chi connectivity index (χ2n) is 5.55. The van der Waals surface area contributed by atoms with Gasteiger partial charge in [0, 0.05) is 18.2 Å². The van der Waals surface area contributed by atoms with E-state index < -0.39 is 0 Å². The molecule has 0 radical (unpaired) electrons. The summed E-state index contributed by atoms with van der Waals surface area (Å²) in [5, 5.41) is 7.08. The van der Waals surface area contributed by atoms with Gasteiger partial charge >= 0.3 is 0 Å². The number of rotatable bonds is 4. The summed E-state index contributed by atoms with van der Waals surface area (Å²) in [6.07, 6.45) is 2.43. The standard InChI is InChI=1S/C16H26N2O/c1-11-9-12(2)15(16(19-4)13(11)3)10-18-14-5-7-17-8-6-14/h9,14,17-18H,5-8,10H2,1-4H3. The van der Waals surface area contributed by atoms with Gasteiger partial charge in [0.1, 0.15) is 5.75 Å². The molecule has 1 aliphatic rings. The largest absolute Gasteiger partial charge is 0.496 e. The van der Waals surface area contributed by atoms with E-state index in [2.05, 4.69) is 37.5 Å². The highest BCUT2D eigenvalue weighted by Crippen LogP contribution is 2.29. The van der Waals surface area contributed by atoms with Crippen molar-refractivity contribution in [2.45, 2.75) is 46.2 Å². The van der Waals surface area contributed by atoms with Gasteiger partial charge in [-0.15, -0.1) is 0 Å². The molecule has 2 rings (SSSR count). The molecule has 1 aromatic rings. The molecule has 0 aliphatic carbocycles. The summed E-state index contributed by atoms with van der Waals surface area (Å²) >= 11 is 0. The summed E-state index contributed by atoms with van der Waals surface area (Å²) in [4.78, 5) is 0. The second kappa shape index (κ2) is 6.40. The van der Waals surface area contributed by atoms with Gasteiger partial charge in [0.05, 0.1) is 7.11 Å². The maximum absolute atomic E-state index is 5.63. The predicted octanol–water partition coefficient (Wildman–Crippen LogP) is 2.46. The lowest BCUT2D eigenvalue weighted by atomic mass is 9.98. The minimum Gasteiger partial charge on any atom is -0.496 e. The van der Waals surface area contributed by atoms with Gasteiger partial charge in [0.2, 0.25) is 0 Å². The van der Waals surface area contributed by atoms with E-state index in [0.29, 0.717) is 6.04 Å². The number of hydrogen-bond acceptors (Lipinski definition) is 3. The molecule has 1 heterocycles. The molecule has 3 heteroatoms. The molecule has 1 saturated heterocycles. The average Bonchev–Trinajstić information content (AvgIpc) is 2.42. The van der Waals surface area contributed by atoms with Gasteiger partial charge in [0.25, 0.3) is 0 Å². The van der Waals surface area contributed by atoms with Crippen LogP contribution in [0.3, 0.4) is 0 Å². The van der Waals surface area contributed by atoms with E-state index in [1.54, 1.807) is 7.11 Å². The van der Waals surface area contributed by atoms with Gasteiger partial charge in [-0.05, 0) is 63.4 Å². The Morgan fingerprint density at radius 2 is 1.89 bits per heavy atom. The maximum Gasteiger partial charge on any atom is 0.126 e. The van der Waals surface area contributed by atoms with Gasteiger partial charge in [-0.3, -0.25) is 0 Å². The summed E-state index contributed by atoms with van der Waals surface area (Å²) in [7, 11) is 1.77. The van der Waals surface area contributed by atoms with Crippen LogP contribution in [0.25, 0.3) is 0 Å². The Bertz CT molecular complexity index is 437. The molecule has 0 spiro atoms. The summed E-state index contributed by atoms with van der Waals surface area (Å²) in [5.74, 6) is 1.05. The number of piperidine rings is 1. The topological polar surface area (TPSA) is 33.3 Å². The van der Waals surface area contributed by atoms with Crippen LogP contribution >= 0.6 is 0 Å². The fourth-order valence-corrected chi connectivity index (χ4v) is 2.87. The molecule has 3 nitrogen and oxygen atoms in total. The Morgan fingerprint density at radius 1 is 1.21 bits per heavy atom. The fourth-order valence-electron chi connectivity index (χ4n) is 2.87. The molecule has 0 aromatic heterocycles. The van der Waals surface area contributed by atoms with Crippen LogP contribution in [0.15, 0.2) is 6.07 Å². The summed E-state index contributed by atoms with van der Waals surface area (Å²) < 4.78 is 5.63. The van der Waals surface area contributed by atoms with Crippen LogP contribution in [-0.4, -0.2) is 26.2 Å². The van der Waals surface area contributed by atoms with Crippen molar-refractivity contribution >= 4 is 0 Å². The minimum atomic E-state index is 0.631. The number of ether oxygens (including phenoxy) is 1. The zero-order valence-corrected chi connectivity index (χ0v) is 12.6. The van der Waals surface area contributed by atoms with Crippen molar-refractivity contribution in [3.63, 3.8) is 0 Å². The van der Waals surface area contributed by atoms with Crippen LogP contribution in [-0.2, 0) is 6.54 Å². The molecule has 1 aromatic carbocycles. The van der Waals surface area contributed by atoms with Gasteiger partial charge in [-0.2, -0.15) is 0 Å². The van der Waals surface area contributed by atoms with Crippen LogP contribution < -0.4 is 15.4 Å². The normalized spacial score (nSPS) is 16.6. The van der Waals surface area contributed by atoms with Gasteiger partial charge in [0.15, 0.2) is 0 Å². The second-order valence-corrected chi connectivity index (χ2v) is 5.55. The molecular formula is C16H26N2O. The Balaban J connectivity index is 2.12. The minimum absolute atomic E-state index is 0.631. The molecule has 0 atom stereocenters. The quantitative estimate of drug-likeness (QED) is 0.874. The van der Waals surface area contributed by atoms with Crippen LogP contribution in [0.1, 0.15) is 35.1 Å². The first kappa shape index (κ1) is 14.4. The van der Waals surface area contributed by atoms with Crippen molar-refractivity contribution < 1.29 is 4.74 Å². The maximum atomic E-state index is 5.63. The van der Waals surface area contributed by atoms with Crippen molar-refractivity contribution in [1.82, 2.24) is 10.6 Å². The third-order valence-electron chi connectivity index (χ3n) is 4.23. The van der Waals surface area contributed by atoms with Crippen molar-refractivity contribution in [3.05, 3.63) is 28.3 Å². The molecule has 0 amide bonds. The molecule has 19 heavy (non-hydrogen) atoms. The van der Waals surface area contributed by atoms with Crippen molar-refractivity contribution in [1.29, 1.82) is 0 Å². The van der Waals surface area contributed by atoms with E-state index in [4.69, 9.17) is 4.74 Å². The molecule has 1 aliphatic heterocycles. The lowest BCUT2D eigenvalue weighted by Crippen LogP contribution is -2.39. The number of methoxy groups -OCH3 is 1. The zero-order valence-electron chi connectivity index (χ0n) is 12.6. The highest BCUT2D eigenvalue weighted by Gasteiger charge is 2.16. The Morgan fingerprint density at radius 3 is 2.53 bits per heavy atom. The lowest BCUT2D eigenvalue weighted by Gasteiger charge is -2.25. The molecule has 106 valence electrons. The first-order valence-electron chi connectivity index (χ1n) is 7.21. The van der Waals surface area contributed by atoms with E-state index in [1.165, 1.54) is 35.1 Å². The first-order chi connectivity index (χ1) is 9.13. The number of hydrogen-bond donors (Lipinski definition) is 2. The lowest BCUT2D eigenvalue weighted by molar-refractivity contribution is 0.374. The highest BCUT2D eigenvalue weighted by molar-refractivity contribution is 5.49. The van der Waals surface area contributed by atoms with E-state index >= 15 is 0 Å². The number of nitrogens with one attached hydrogen (secondary N) is 2. The molecular weight excluding hydrogens is 236 g/mol. The number of aryl methyl sites for hydroxylation is 2. The molecule has 0 saturated carbocycles. The van der Waals surface area contributed by atoms with Crippen molar-refractivity contribution in [2.24, 2.45) is 0 Å². The average molecular weight is 262 g/mol. The molecule has 2 N–H and O–H groups in total. The SMILES string of the molecule is COc1c(C)c(C)cc(C)c1CNC1CCNCC1. The first-order valence-corrected chi connectivity index (χ1v) is 7.21. The summed E-state index contributed by atoms with van der Waals surface area (Å²) in [5.41, 5.74) is 5.20.